The monoisotopic (exact) mass is 752 g/mol. The molecule has 2 heterocycles. The highest BCUT2D eigenvalue weighted by molar-refractivity contribution is 6.12. The van der Waals surface area contributed by atoms with E-state index in [9.17, 15) is 0 Å². The van der Waals surface area contributed by atoms with E-state index >= 15 is 0 Å². The van der Waals surface area contributed by atoms with Crippen LogP contribution in [0.2, 0.25) is 0 Å². The fraction of sp³-hybridized carbons (Fsp3) is 0. The van der Waals surface area contributed by atoms with E-state index in [-0.39, 0.29) is 0 Å². The molecule has 0 aliphatic carbocycles. The van der Waals surface area contributed by atoms with Gasteiger partial charge in [0, 0.05) is 49.7 Å². The van der Waals surface area contributed by atoms with Gasteiger partial charge < -0.3 is 13.9 Å². The van der Waals surface area contributed by atoms with Crippen LogP contribution in [0.5, 0.6) is 0 Å². The predicted octanol–water partition coefficient (Wildman–Crippen LogP) is 15.8. The third-order valence-electron chi connectivity index (χ3n) is 11.9. The van der Waals surface area contributed by atoms with E-state index in [0.29, 0.717) is 0 Å². The molecule has 3 heteroatoms. The largest absolute Gasteiger partial charge is 0.455 e. The van der Waals surface area contributed by atoms with Gasteiger partial charge in [-0.25, -0.2) is 0 Å². The Morgan fingerprint density at radius 2 is 0.864 bits per heavy atom. The number of hydrogen-bond donors (Lipinski definition) is 0. The molecule has 0 aliphatic heterocycles. The van der Waals surface area contributed by atoms with E-state index in [0.717, 1.165) is 66.9 Å². The minimum Gasteiger partial charge on any atom is -0.455 e. The highest BCUT2D eigenvalue weighted by atomic mass is 16.3. The maximum absolute atomic E-state index is 6.54. The molecule has 0 spiro atoms. The Morgan fingerprint density at radius 1 is 0.339 bits per heavy atom. The van der Waals surface area contributed by atoms with Gasteiger partial charge in [-0.3, -0.25) is 0 Å². The lowest BCUT2D eigenvalue weighted by molar-refractivity contribution is 0.670. The molecule has 2 aromatic heterocycles. The first-order chi connectivity index (χ1) is 29.3. The van der Waals surface area contributed by atoms with Crippen molar-refractivity contribution in [1.82, 2.24) is 4.57 Å². The van der Waals surface area contributed by atoms with Gasteiger partial charge >= 0.3 is 0 Å². The molecule has 0 saturated carbocycles. The van der Waals surface area contributed by atoms with Crippen LogP contribution < -0.4 is 4.90 Å². The van der Waals surface area contributed by atoms with Crippen LogP contribution in [-0.4, -0.2) is 4.57 Å². The lowest BCUT2D eigenvalue weighted by atomic mass is 9.99. The van der Waals surface area contributed by atoms with Gasteiger partial charge in [-0.2, -0.15) is 0 Å². The van der Waals surface area contributed by atoms with Crippen LogP contribution in [0, 0.1) is 0 Å². The van der Waals surface area contributed by atoms with Crippen molar-refractivity contribution in [1.29, 1.82) is 0 Å². The molecule has 3 nitrogen and oxygen atoms in total. The molecule has 0 bridgehead atoms. The van der Waals surface area contributed by atoms with Crippen LogP contribution in [0.3, 0.4) is 0 Å². The average molecular weight is 753 g/mol. The second-order valence-electron chi connectivity index (χ2n) is 15.3. The number of para-hydroxylation sites is 5. The van der Waals surface area contributed by atoms with Gasteiger partial charge in [-0.1, -0.05) is 158 Å². The van der Waals surface area contributed by atoms with Gasteiger partial charge in [0.1, 0.15) is 11.2 Å². The number of nitrogens with zero attached hydrogens (tertiary/aromatic N) is 2. The Morgan fingerprint density at radius 3 is 1.63 bits per heavy atom. The average Bonchev–Trinajstić information content (AvgIpc) is 3.85. The summed E-state index contributed by atoms with van der Waals surface area (Å²) in [6.07, 6.45) is 0. The van der Waals surface area contributed by atoms with Crippen LogP contribution in [-0.2, 0) is 0 Å². The molecule has 0 radical (unpaired) electrons. The van der Waals surface area contributed by atoms with Gasteiger partial charge in [-0.05, 0) is 93.3 Å². The van der Waals surface area contributed by atoms with E-state index in [2.05, 4.69) is 216 Å². The molecule has 10 aromatic carbocycles. The van der Waals surface area contributed by atoms with Gasteiger partial charge in [0.05, 0.1) is 16.7 Å². The summed E-state index contributed by atoms with van der Waals surface area (Å²) in [4.78, 5) is 2.40. The van der Waals surface area contributed by atoms with Gasteiger partial charge in [0.25, 0.3) is 0 Å². The molecule has 0 aliphatic rings. The molecule has 0 N–H and O–H groups in total. The second-order valence-corrected chi connectivity index (χ2v) is 15.3. The van der Waals surface area contributed by atoms with Gasteiger partial charge in [0.15, 0.2) is 0 Å². The van der Waals surface area contributed by atoms with Crippen LogP contribution in [0.25, 0.3) is 93.2 Å². The SMILES string of the molecule is c1cc(-c2ccccc2-n2c3ccccc3c3ccccc32)cc(N(c2cccc(-c3cccc4c3oc3ccccc34)c2)c2ccc3ccc4ccccc4c3c2)c1. The Kier molecular flexibility index (Phi) is 7.54. The molecular formula is C56H36N2O. The van der Waals surface area contributed by atoms with E-state index < -0.39 is 0 Å². The number of rotatable bonds is 6. The zero-order valence-electron chi connectivity index (χ0n) is 32.1. The number of furan rings is 1. The van der Waals surface area contributed by atoms with Gasteiger partial charge in [-0.15, -0.1) is 0 Å². The second kappa shape index (κ2) is 13.4. The first-order valence-corrected chi connectivity index (χ1v) is 20.2. The van der Waals surface area contributed by atoms with Crippen molar-refractivity contribution in [2.75, 3.05) is 4.90 Å². The fourth-order valence-corrected chi connectivity index (χ4v) is 9.27. The van der Waals surface area contributed by atoms with Crippen LogP contribution in [0.1, 0.15) is 0 Å². The first kappa shape index (κ1) is 33.3. The van der Waals surface area contributed by atoms with Crippen molar-refractivity contribution in [2.24, 2.45) is 0 Å². The van der Waals surface area contributed by atoms with Crippen molar-refractivity contribution < 1.29 is 4.42 Å². The zero-order chi connectivity index (χ0) is 38.9. The summed E-state index contributed by atoms with van der Waals surface area (Å²) < 4.78 is 8.96. The van der Waals surface area contributed by atoms with Crippen molar-refractivity contribution in [3.63, 3.8) is 0 Å². The third kappa shape index (κ3) is 5.36. The smallest absolute Gasteiger partial charge is 0.143 e. The summed E-state index contributed by atoms with van der Waals surface area (Å²) in [5.74, 6) is 0. The van der Waals surface area contributed by atoms with Gasteiger partial charge in [0.2, 0.25) is 0 Å². The Hall–Kier alpha value is -7.88. The maximum Gasteiger partial charge on any atom is 0.143 e. The Bertz CT molecular complexity index is 3540. The molecule has 0 fully saturated rings. The normalized spacial score (nSPS) is 11.7. The van der Waals surface area contributed by atoms with Crippen LogP contribution in [0.4, 0.5) is 17.1 Å². The summed E-state index contributed by atoms with van der Waals surface area (Å²) in [7, 11) is 0. The lowest BCUT2D eigenvalue weighted by Crippen LogP contribution is -2.10. The van der Waals surface area contributed by atoms with E-state index in [1.54, 1.807) is 0 Å². The zero-order valence-corrected chi connectivity index (χ0v) is 32.1. The fourth-order valence-electron chi connectivity index (χ4n) is 9.27. The summed E-state index contributed by atoms with van der Waals surface area (Å²) in [6, 6.07) is 78.8. The Balaban J connectivity index is 1.06. The number of benzene rings is 10. The van der Waals surface area contributed by atoms with Crippen molar-refractivity contribution in [3.8, 4) is 27.9 Å². The molecule has 0 unspecified atom stereocenters. The van der Waals surface area contributed by atoms with Crippen LogP contribution >= 0.6 is 0 Å². The summed E-state index contributed by atoms with van der Waals surface area (Å²) in [5, 5.41) is 9.66. The molecule has 0 amide bonds. The third-order valence-corrected chi connectivity index (χ3v) is 11.9. The van der Waals surface area contributed by atoms with E-state index in [1.165, 1.54) is 43.4 Å². The van der Waals surface area contributed by atoms with Crippen molar-refractivity contribution >= 4 is 82.4 Å². The number of aromatic nitrogens is 1. The molecule has 276 valence electrons. The number of anilines is 3. The summed E-state index contributed by atoms with van der Waals surface area (Å²) in [6.45, 7) is 0. The quantitative estimate of drug-likeness (QED) is 0.158. The summed E-state index contributed by atoms with van der Waals surface area (Å²) in [5.41, 5.74) is 13.0. The molecule has 12 rings (SSSR count). The highest BCUT2D eigenvalue weighted by Gasteiger charge is 2.20. The summed E-state index contributed by atoms with van der Waals surface area (Å²) >= 11 is 0. The maximum atomic E-state index is 6.54. The highest BCUT2D eigenvalue weighted by Crippen LogP contribution is 2.43. The minimum atomic E-state index is 0.897. The van der Waals surface area contributed by atoms with Crippen molar-refractivity contribution in [2.45, 2.75) is 0 Å². The number of fused-ring (bicyclic) bond motifs is 9. The first-order valence-electron chi connectivity index (χ1n) is 20.2. The molecule has 59 heavy (non-hydrogen) atoms. The molecule has 0 atom stereocenters. The minimum absolute atomic E-state index is 0.897. The molecule has 12 aromatic rings. The van der Waals surface area contributed by atoms with Crippen LogP contribution in [0.15, 0.2) is 223 Å². The molecular weight excluding hydrogens is 717 g/mol. The predicted molar refractivity (Wildman–Crippen MR) is 249 cm³/mol. The topological polar surface area (TPSA) is 21.3 Å². The Labute approximate surface area is 341 Å². The number of hydrogen-bond acceptors (Lipinski definition) is 2. The standard InChI is InChI=1S/C56H36N2O/c1-2-19-44-37(14-1)30-31-38-32-33-43(36-51(38)44)57(42-18-12-16-40(35-42)46-24-13-25-50-49-23-6-10-29-55(49)59-56(46)50)41-17-11-15-39(34-41)45-20-3-7-26-52(45)58-53-27-8-4-21-47(53)48-22-5-9-28-54(48)58/h1-36H. The lowest BCUT2D eigenvalue weighted by Gasteiger charge is -2.27. The van der Waals surface area contributed by atoms with E-state index in [1.807, 2.05) is 12.1 Å². The molecule has 0 saturated heterocycles. The van der Waals surface area contributed by atoms with Crippen molar-refractivity contribution in [3.05, 3.63) is 218 Å². The van der Waals surface area contributed by atoms with E-state index in [4.69, 9.17) is 4.42 Å².